The molecule has 1 N–H and O–H groups in total. The van der Waals surface area contributed by atoms with Crippen molar-refractivity contribution in [3.8, 4) is 0 Å². The summed E-state index contributed by atoms with van der Waals surface area (Å²) in [4.78, 5) is 81.6. The van der Waals surface area contributed by atoms with Crippen LogP contribution in [0.4, 0.5) is 0 Å². The molecule has 60 heavy (non-hydrogen) atoms. The Morgan fingerprint density at radius 3 is 2.10 bits per heavy atom. The second-order valence-electron chi connectivity index (χ2n) is 18.0. The maximum atomic E-state index is 14.5. The molecule has 2 aliphatic heterocycles. The Hall–Kier alpha value is -3.23. The Balaban J connectivity index is 1.80. The molecular weight excluding hydrogens is 765 g/mol. The number of likely N-dealkylation sites (tertiary alicyclic amines) is 1. The maximum absolute atomic E-state index is 14.5. The van der Waals surface area contributed by atoms with Gasteiger partial charge in [-0.15, -0.1) is 0 Å². The van der Waals surface area contributed by atoms with Crippen LogP contribution in [0.5, 0.6) is 0 Å². The number of hydrogen-bond donors (Lipinski definition) is 1. The largest absolute Gasteiger partial charge is 0.395 e. The van der Waals surface area contributed by atoms with E-state index >= 15 is 0 Å². The van der Waals surface area contributed by atoms with Crippen molar-refractivity contribution in [2.75, 3.05) is 61.2 Å². The number of hydrogen-bond acceptors (Lipinski definition) is 10. The molecule has 13 nitrogen and oxygen atoms in total. The second-order valence-corrected chi connectivity index (χ2v) is 18.0. The van der Waals surface area contributed by atoms with Crippen LogP contribution in [0.3, 0.4) is 0 Å². The van der Waals surface area contributed by atoms with Crippen LogP contribution in [0.25, 0.3) is 0 Å². The number of aliphatic hydroxyl groups is 1. The number of benzene rings is 1. The SMILES string of the molecule is CC[C@H](C)[C@@H]([C@@H](CC(=O)N1CCC[C@H]1[C@H](OC)[C@@H](C)C(=O)C[C@@H](Cc1ccccc1)C(=O)N1CCCCO1)OC)N(C)C(=O)[C@@H](CC(=O)[C@H](C(C)C)N(C)CCO)C(C)C. The number of ether oxygens (including phenoxy) is 2. The topological polar surface area (TPSA) is 146 Å². The number of hydroxylamine groups is 2. The fourth-order valence-electron chi connectivity index (χ4n) is 9.52. The summed E-state index contributed by atoms with van der Waals surface area (Å²) in [7, 11) is 6.73. The van der Waals surface area contributed by atoms with E-state index in [2.05, 4.69) is 6.92 Å². The highest BCUT2D eigenvalue weighted by Gasteiger charge is 2.44. The Bertz CT molecular complexity index is 1500. The quantitative estimate of drug-likeness (QED) is 0.135. The van der Waals surface area contributed by atoms with Gasteiger partial charge >= 0.3 is 0 Å². The molecule has 2 aliphatic rings. The Labute approximate surface area is 360 Å². The van der Waals surface area contributed by atoms with Crippen LogP contribution in [0.1, 0.15) is 105 Å². The second kappa shape index (κ2) is 25.0. The zero-order chi connectivity index (χ0) is 44.7. The van der Waals surface area contributed by atoms with Crippen molar-refractivity contribution >= 4 is 29.3 Å². The van der Waals surface area contributed by atoms with E-state index in [-0.39, 0.29) is 79.0 Å². The van der Waals surface area contributed by atoms with Gasteiger partial charge in [0.2, 0.25) is 17.7 Å². The van der Waals surface area contributed by atoms with Crippen molar-refractivity contribution in [2.24, 2.45) is 35.5 Å². The zero-order valence-electron chi connectivity index (χ0n) is 38.6. The van der Waals surface area contributed by atoms with Crippen LogP contribution in [-0.2, 0) is 44.7 Å². The number of Topliss-reactive ketones (excluding diaryl/α,β-unsaturated/α-hetero) is 2. The molecular formula is C47H78N4O9. The first-order valence-corrected chi connectivity index (χ1v) is 22.5. The molecule has 2 heterocycles. The van der Waals surface area contributed by atoms with Gasteiger partial charge in [-0.1, -0.05) is 85.2 Å². The van der Waals surface area contributed by atoms with E-state index in [4.69, 9.17) is 14.3 Å². The summed E-state index contributed by atoms with van der Waals surface area (Å²) in [6, 6.07) is 8.47. The van der Waals surface area contributed by atoms with Crippen molar-refractivity contribution in [1.82, 2.24) is 19.8 Å². The Morgan fingerprint density at radius 1 is 0.867 bits per heavy atom. The maximum Gasteiger partial charge on any atom is 0.250 e. The summed E-state index contributed by atoms with van der Waals surface area (Å²) in [5.41, 5.74) is 0.968. The fraction of sp³-hybridized carbons (Fsp3) is 0.766. The van der Waals surface area contributed by atoms with Crippen LogP contribution in [0.15, 0.2) is 30.3 Å². The van der Waals surface area contributed by atoms with Gasteiger partial charge in [-0.05, 0) is 62.5 Å². The molecule has 1 aromatic rings. The molecule has 340 valence electrons. The molecule has 0 aromatic heterocycles. The first-order chi connectivity index (χ1) is 28.5. The third kappa shape index (κ3) is 13.6. The minimum atomic E-state index is -0.632. The minimum absolute atomic E-state index is 0.0000313. The zero-order valence-corrected chi connectivity index (χ0v) is 38.6. The van der Waals surface area contributed by atoms with Crippen molar-refractivity contribution in [3.05, 3.63) is 35.9 Å². The predicted octanol–water partition coefficient (Wildman–Crippen LogP) is 5.46. The van der Waals surface area contributed by atoms with Gasteiger partial charge in [-0.2, -0.15) is 0 Å². The highest BCUT2D eigenvalue weighted by molar-refractivity contribution is 5.90. The standard InChI is InChI=1S/C47H78N4O9/c1-12-33(6)44(49(9)47(57)37(31(2)3)29-40(54)43(32(4)5)48(8)24-25-52)41(58-10)30-42(55)50-22-18-21-38(50)45(59-11)34(7)39(53)28-36(27-35-19-14-13-15-20-35)46(56)51-23-16-17-26-60-51/h13-15,19-20,31-34,36-38,41,43-45,52H,12,16-18,21-30H2,1-11H3/t33-,34-,36+,37-,38-,41+,43-,44-,45+/m0/s1. The molecule has 3 rings (SSSR count). The van der Waals surface area contributed by atoms with Crippen LogP contribution in [0.2, 0.25) is 0 Å². The van der Waals surface area contributed by atoms with Crippen molar-refractivity contribution < 1.29 is 43.4 Å². The average Bonchev–Trinajstić information content (AvgIpc) is 3.72. The monoisotopic (exact) mass is 843 g/mol. The van der Waals surface area contributed by atoms with Crippen LogP contribution >= 0.6 is 0 Å². The van der Waals surface area contributed by atoms with Gasteiger partial charge in [0.05, 0.1) is 55.9 Å². The summed E-state index contributed by atoms with van der Waals surface area (Å²) in [6.45, 7) is 15.6. The third-order valence-electron chi connectivity index (χ3n) is 13.2. The number of carbonyl (C=O) groups is 5. The summed E-state index contributed by atoms with van der Waals surface area (Å²) in [5.74, 6) is -2.54. The van der Waals surface area contributed by atoms with Crippen LogP contribution < -0.4 is 0 Å². The molecule has 0 saturated carbocycles. The number of methoxy groups -OCH3 is 2. The van der Waals surface area contributed by atoms with E-state index in [0.717, 1.165) is 31.2 Å². The molecule has 0 unspecified atom stereocenters. The van der Waals surface area contributed by atoms with Crippen LogP contribution in [0, 0.1) is 35.5 Å². The number of likely N-dealkylation sites (N-methyl/N-ethyl adjacent to an activating group) is 2. The molecule has 0 bridgehead atoms. The highest BCUT2D eigenvalue weighted by Crippen LogP contribution is 2.32. The number of aliphatic hydroxyl groups excluding tert-OH is 1. The summed E-state index contributed by atoms with van der Waals surface area (Å²) in [6.07, 6.45) is 3.19. The molecule has 0 aliphatic carbocycles. The molecule has 0 spiro atoms. The Kier molecular flexibility index (Phi) is 21.3. The first kappa shape index (κ1) is 51.1. The third-order valence-corrected chi connectivity index (χ3v) is 13.2. The van der Waals surface area contributed by atoms with E-state index in [9.17, 15) is 29.1 Å². The van der Waals surface area contributed by atoms with Crippen LogP contribution in [-0.4, -0.2) is 146 Å². The van der Waals surface area contributed by atoms with Crippen molar-refractivity contribution in [2.45, 2.75) is 137 Å². The number of carbonyl (C=O) groups excluding carboxylic acids is 5. The predicted molar refractivity (Wildman–Crippen MR) is 233 cm³/mol. The molecule has 9 atom stereocenters. The van der Waals surface area contributed by atoms with Gasteiger partial charge in [0.1, 0.15) is 5.78 Å². The van der Waals surface area contributed by atoms with E-state index in [1.807, 2.05) is 88.7 Å². The highest BCUT2D eigenvalue weighted by atomic mass is 16.7. The number of rotatable bonds is 25. The Morgan fingerprint density at radius 2 is 1.55 bits per heavy atom. The van der Waals surface area contributed by atoms with Gasteiger partial charge in [0.15, 0.2) is 5.78 Å². The van der Waals surface area contributed by atoms with E-state index in [0.29, 0.717) is 39.1 Å². The number of nitrogens with zero attached hydrogens (tertiary/aromatic N) is 4. The lowest BCUT2D eigenvalue weighted by Crippen LogP contribution is -2.54. The molecule has 2 saturated heterocycles. The lowest BCUT2D eigenvalue weighted by atomic mass is 9.83. The summed E-state index contributed by atoms with van der Waals surface area (Å²) >= 11 is 0. The summed E-state index contributed by atoms with van der Waals surface area (Å²) in [5, 5.41) is 11.0. The molecule has 0 radical (unpaired) electrons. The normalized spacial score (nSPS) is 20.1. The average molecular weight is 843 g/mol. The van der Waals surface area contributed by atoms with Gasteiger partial charge in [-0.3, -0.25) is 33.7 Å². The van der Waals surface area contributed by atoms with Gasteiger partial charge < -0.3 is 24.4 Å². The van der Waals surface area contributed by atoms with E-state index < -0.39 is 42.0 Å². The van der Waals surface area contributed by atoms with Crippen molar-refractivity contribution in [3.63, 3.8) is 0 Å². The molecule has 3 amide bonds. The number of amides is 3. The minimum Gasteiger partial charge on any atom is -0.395 e. The summed E-state index contributed by atoms with van der Waals surface area (Å²) < 4.78 is 12.1. The first-order valence-electron chi connectivity index (χ1n) is 22.5. The van der Waals surface area contributed by atoms with Gasteiger partial charge in [0.25, 0.3) is 0 Å². The molecule has 13 heteroatoms. The lowest BCUT2D eigenvalue weighted by molar-refractivity contribution is -0.201. The molecule has 1 aromatic carbocycles. The van der Waals surface area contributed by atoms with Crippen molar-refractivity contribution in [1.29, 1.82) is 0 Å². The smallest absolute Gasteiger partial charge is 0.250 e. The molecule has 2 fully saturated rings. The lowest BCUT2D eigenvalue weighted by Gasteiger charge is -2.41. The van der Waals surface area contributed by atoms with E-state index in [1.165, 1.54) is 5.06 Å². The van der Waals surface area contributed by atoms with Gasteiger partial charge in [0, 0.05) is 65.6 Å². The number of ketones is 2. The van der Waals surface area contributed by atoms with E-state index in [1.54, 1.807) is 26.2 Å². The fourth-order valence-corrected chi connectivity index (χ4v) is 9.52. The van der Waals surface area contributed by atoms with Gasteiger partial charge in [-0.25, -0.2) is 5.06 Å².